The van der Waals surface area contributed by atoms with Gasteiger partial charge in [-0.15, -0.1) is 0 Å². The molecule has 0 aliphatic carbocycles. The van der Waals surface area contributed by atoms with Crippen LogP contribution >= 0.6 is 0 Å². The monoisotopic (exact) mass is 285 g/mol. The van der Waals surface area contributed by atoms with E-state index in [1.54, 1.807) is 28.0 Å². The number of rotatable bonds is 6. The molecule has 0 amide bonds. The van der Waals surface area contributed by atoms with Crippen LogP contribution < -0.4 is 10.1 Å². The fourth-order valence-electron chi connectivity index (χ4n) is 2.05. The highest BCUT2D eigenvalue weighted by atomic mass is 32.2. The van der Waals surface area contributed by atoms with E-state index >= 15 is 0 Å². The van der Waals surface area contributed by atoms with Crippen molar-refractivity contribution in [3.05, 3.63) is 29.8 Å². The van der Waals surface area contributed by atoms with Crippen molar-refractivity contribution in [2.75, 3.05) is 20.4 Å². The van der Waals surface area contributed by atoms with Crippen LogP contribution in [-0.2, 0) is 16.3 Å². The Kier molecular flexibility index (Phi) is 4.98. The van der Waals surface area contributed by atoms with Gasteiger partial charge < -0.3 is 10.1 Å². The predicted octanol–water partition coefficient (Wildman–Crippen LogP) is 1.65. The molecule has 0 saturated heterocycles. The molecular formula is C14H23NO3S. The van der Waals surface area contributed by atoms with Crippen LogP contribution in [0.3, 0.4) is 0 Å². The van der Waals surface area contributed by atoms with Gasteiger partial charge in [0.25, 0.3) is 0 Å². The van der Waals surface area contributed by atoms with E-state index in [0.29, 0.717) is 6.42 Å². The Bertz CT molecular complexity index is 523. The van der Waals surface area contributed by atoms with E-state index in [2.05, 4.69) is 5.32 Å². The van der Waals surface area contributed by atoms with Crippen molar-refractivity contribution in [1.82, 2.24) is 5.32 Å². The van der Waals surface area contributed by atoms with Crippen molar-refractivity contribution in [2.45, 2.75) is 31.1 Å². The second kappa shape index (κ2) is 5.92. The van der Waals surface area contributed by atoms with Gasteiger partial charge in [0, 0.05) is 12.3 Å². The highest BCUT2D eigenvalue weighted by Gasteiger charge is 2.38. The molecule has 4 nitrogen and oxygen atoms in total. The van der Waals surface area contributed by atoms with Crippen LogP contribution in [-0.4, -0.2) is 39.6 Å². The lowest BCUT2D eigenvalue weighted by Gasteiger charge is -2.32. The summed E-state index contributed by atoms with van der Waals surface area (Å²) in [7, 11) is 0.248. The molecule has 1 rings (SSSR count). The smallest absolute Gasteiger partial charge is 0.154 e. The van der Waals surface area contributed by atoms with E-state index < -0.39 is 14.6 Å². The summed E-state index contributed by atoms with van der Waals surface area (Å²) in [6, 6.07) is 7.49. The van der Waals surface area contributed by atoms with Crippen molar-refractivity contribution < 1.29 is 13.2 Å². The van der Waals surface area contributed by atoms with E-state index in [-0.39, 0.29) is 6.04 Å². The van der Waals surface area contributed by atoms with E-state index in [9.17, 15) is 8.42 Å². The number of likely N-dealkylation sites (N-methyl/N-ethyl adjacent to an activating group) is 1. The quantitative estimate of drug-likeness (QED) is 0.863. The first kappa shape index (κ1) is 16.0. The van der Waals surface area contributed by atoms with Crippen molar-refractivity contribution >= 4 is 9.84 Å². The Morgan fingerprint density at radius 1 is 1.32 bits per heavy atom. The van der Waals surface area contributed by atoms with Crippen LogP contribution in [0, 0.1) is 0 Å². The summed E-state index contributed by atoms with van der Waals surface area (Å²) in [5, 5.41) is 3.11. The van der Waals surface area contributed by atoms with Gasteiger partial charge in [0.15, 0.2) is 9.84 Å². The molecule has 0 saturated carbocycles. The Balaban J connectivity index is 3.07. The molecule has 108 valence electrons. The zero-order valence-corrected chi connectivity index (χ0v) is 13.0. The van der Waals surface area contributed by atoms with Crippen molar-refractivity contribution in [2.24, 2.45) is 0 Å². The van der Waals surface area contributed by atoms with Gasteiger partial charge in [0.1, 0.15) is 5.75 Å². The molecule has 1 N–H and O–H groups in total. The van der Waals surface area contributed by atoms with Crippen molar-refractivity contribution in [3.63, 3.8) is 0 Å². The van der Waals surface area contributed by atoms with Gasteiger partial charge in [0.2, 0.25) is 0 Å². The molecule has 19 heavy (non-hydrogen) atoms. The summed E-state index contributed by atoms with van der Waals surface area (Å²) >= 11 is 0. The summed E-state index contributed by atoms with van der Waals surface area (Å²) in [6.07, 6.45) is 1.88. The minimum absolute atomic E-state index is 0.182. The molecule has 0 aliphatic rings. The van der Waals surface area contributed by atoms with Crippen LogP contribution in [0.25, 0.3) is 0 Å². The maximum Gasteiger partial charge on any atom is 0.154 e. The molecule has 1 aromatic rings. The van der Waals surface area contributed by atoms with Gasteiger partial charge in [-0.1, -0.05) is 18.2 Å². The lowest BCUT2D eigenvalue weighted by atomic mass is 9.95. The van der Waals surface area contributed by atoms with Gasteiger partial charge in [-0.25, -0.2) is 8.42 Å². The molecule has 1 aromatic carbocycles. The van der Waals surface area contributed by atoms with Gasteiger partial charge in [-0.2, -0.15) is 0 Å². The average Bonchev–Trinajstić information content (AvgIpc) is 2.34. The number of nitrogens with one attached hydrogen (secondary N) is 1. The maximum absolute atomic E-state index is 11.9. The maximum atomic E-state index is 11.9. The molecular weight excluding hydrogens is 262 g/mol. The molecule has 0 aromatic heterocycles. The molecule has 0 spiro atoms. The normalized spacial score (nSPS) is 14.2. The number of sulfone groups is 1. The van der Waals surface area contributed by atoms with E-state index in [1.165, 1.54) is 6.26 Å². The van der Waals surface area contributed by atoms with Gasteiger partial charge in [-0.3, -0.25) is 0 Å². The third-order valence-corrected chi connectivity index (χ3v) is 5.96. The number of ether oxygens (including phenoxy) is 1. The van der Waals surface area contributed by atoms with Crippen LogP contribution in [0.1, 0.15) is 19.4 Å². The van der Waals surface area contributed by atoms with Crippen LogP contribution in [0.4, 0.5) is 0 Å². The van der Waals surface area contributed by atoms with E-state index in [1.807, 2.05) is 24.3 Å². The Morgan fingerprint density at radius 3 is 2.37 bits per heavy atom. The molecule has 0 fully saturated rings. The molecule has 0 bridgehead atoms. The molecule has 0 heterocycles. The zero-order chi connectivity index (χ0) is 14.7. The summed E-state index contributed by atoms with van der Waals surface area (Å²) in [6.45, 7) is 3.50. The first-order chi connectivity index (χ1) is 8.74. The minimum Gasteiger partial charge on any atom is -0.496 e. The fraction of sp³-hybridized carbons (Fsp3) is 0.571. The van der Waals surface area contributed by atoms with E-state index in [4.69, 9.17) is 4.74 Å². The number of methoxy groups -OCH3 is 1. The number of benzene rings is 1. The number of hydrogen-bond donors (Lipinski definition) is 1. The number of hydrogen-bond acceptors (Lipinski definition) is 4. The van der Waals surface area contributed by atoms with Gasteiger partial charge in [-0.05, 0) is 38.9 Å². The fourth-order valence-corrected chi connectivity index (χ4v) is 2.76. The predicted molar refractivity (Wildman–Crippen MR) is 78.5 cm³/mol. The standard InChI is InChI=1S/C14H23NO3S/c1-14(2,19(5,16)17)13(15-3)10-11-8-6-7-9-12(11)18-4/h6-9,13,15H,10H2,1-5H3. The van der Waals surface area contributed by atoms with Gasteiger partial charge >= 0.3 is 0 Å². The second-order valence-electron chi connectivity index (χ2n) is 5.23. The average molecular weight is 285 g/mol. The van der Waals surface area contributed by atoms with Crippen LogP contribution in [0.5, 0.6) is 5.75 Å². The summed E-state index contributed by atoms with van der Waals surface area (Å²) < 4.78 is 28.3. The Hall–Kier alpha value is -1.07. The van der Waals surface area contributed by atoms with Crippen LogP contribution in [0.2, 0.25) is 0 Å². The lowest BCUT2D eigenvalue weighted by Crippen LogP contribution is -2.51. The Labute approximate surface area is 116 Å². The summed E-state index contributed by atoms with van der Waals surface area (Å²) in [5.74, 6) is 0.784. The summed E-state index contributed by atoms with van der Waals surface area (Å²) in [4.78, 5) is 0. The Morgan fingerprint density at radius 2 is 1.89 bits per heavy atom. The third-order valence-electron chi connectivity index (χ3n) is 3.76. The largest absolute Gasteiger partial charge is 0.496 e. The number of para-hydroxylation sites is 1. The summed E-state index contributed by atoms with van der Waals surface area (Å²) in [5.41, 5.74) is 1.00. The zero-order valence-electron chi connectivity index (χ0n) is 12.2. The first-order valence-corrected chi connectivity index (χ1v) is 8.12. The second-order valence-corrected chi connectivity index (χ2v) is 7.83. The van der Waals surface area contributed by atoms with Crippen molar-refractivity contribution in [3.8, 4) is 5.75 Å². The molecule has 0 radical (unpaired) electrons. The highest BCUT2D eigenvalue weighted by molar-refractivity contribution is 7.92. The molecule has 0 aliphatic heterocycles. The SMILES string of the molecule is CNC(Cc1ccccc1OC)C(C)(C)S(C)(=O)=O. The van der Waals surface area contributed by atoms with Crippen LogP contribution in [0.15, 0.2) is 24.3 Å². The highest BCUT2D eigenvalue weighted by Crippen LogP contribution is 2.26. The minimum atomic E-state index is -3.16. The topological polar surface area (TPSA) is 55.4 Å². The van der Waals surface area contributed by atoms with E-state index in [0.717, 1.165) is 11.3 Å². The first-order valence-electron chi connectivity index (χ1n) is 6.22. The third kappa shape index (κ3) is 3.48. The van der Waals surface area contributed by atoms with Crippen molar-refractivity contribution in [1.29, 1.82) is 0 Å². The van der Waals surface area contributed by atoms with Gasteiger partial charge in [0.05, 0.1) is 11.9 Å². The lowest BCUT2D eigenvalue weighted by molar-refractivity contribution is 0.394. The molecule has 1 atom stereocenters. The molecule has 5 heteroatoms. The molecule has 1 unspecified atom stereocenters.